The summed E-state index contributed by atoms with van der Waals surface area (Å²) >= 11 is 0. The number of amides is 1. The second kappa shape index (κ2) is 12.7. The van der Waals surface area contributed by atoms with Crippen molar-refractivity contribution in [3.63, 3.8) is 0 Å². The van der Waals surface area contributed by atoms with Crippen LogP contribution in [0.2, 0.25) is 0 Å². The SMILES string of the molecule is Cc1ccc(CC(C(=O)NCc2ccc(C(F)(F)F)nc2N2CCC(C)CC2)c2ccc(NS(C)(=O)=O)c(F)c2)cc1. The molecule has 1 amide bonds. The number of aryl methyl sites for hydroxylation is 1. The van der Waals surface area contributed by atoms with E-state index in [1.54, 1.807) is 0 Å². The first-order valence-corrected chi connectivity index (χ1v) is 15.5. The summed E-state index contributed by atoms with van der Waals surface area (Å²) < 4.78 is 80.7. The van der Waals surface area contributed by atoms with E-state index in [4.69, 9.17) is 0 Å². The number of nitrogens with one attached hydrogen (secondary N) is 2. The van der Waals surface area contributed by atoms with Gasteiger partial charge in [0, 0.05) is 25.2 Å². The number of alkyl halides is 3. The minimum Gasteiger partial charge on any atom is -0.356 e. The highest BCUT2D eigenvalue weighted by Crippen LogP contribution is 2.32. The average molecular weight is 607 g/mol. The second-order valence-electron chi connectivity index (χ2n) is 10.9. The lowest BCUT2D eigenvalue weighted by atomic mass is 9.90. The average Bonchev–Trinajstić information content (AvgIpc) is 2.92. The van der Waals surface area contributed by atoms with Crippen LogP contribution in [0.4, 0.5) is 29.1 Å². The summed E-state index contributed by atoms with van der Waals surface area (Å²) in [6.07, 6.45) is -1.85. The van der Waals surface area contributed by atoms with Crippen LogP contribution in [-0.2, 0) is 34.0 Å². The van der Waals surface area contributed by atoms with Crippen molar-refractivity contribution in [2.24, 2.45) is 5.92 Å². The number of rotatable bonds is 9. The molecule has 0 radical (unpaired) electrons. The van der Waals surface area contributed by atoms with Crippen LogP contribution in [0.3, 0.4) is 0 Å². The molecule has 2 N–H and O–H groups in total. The Balaban J connectivity index is 1.62. The predicted octanol–water partition coefficient (Wildman–Crippen LogP) is 5.80. The third-order valence-electron chi connectivity index (χ3n) is 7.35. The Morgan fingerprint density at radius 3 is 2.33 bits per heavy atom. The lowest BCUT2D eigenvalue weighted by Gasteiger charge is -2.33. The Bertz CT molecular complexity index is 1520. The summed E-state index contributed by atoms with van der Waals surface area (Å²) in [7, 11) is -3.72. The lowest BCUT2D eigenvalue weighted by Crippen LogP contribution is -2.36. The monoisotopic (exact) mass is 606 g/mol. The molecule has 1 aliphatic heterocycles. The molecule has 0 saturated carbocycles. The van der Waals surface area contributed by atoms with Crippen molar-refractivity contribution < 1.29 is 30.8 Å². The Hall–Kier alpha value is -3.67. The normalized spacial score (nSPS) is 15.4. The zero-order chi connectivity index (χ0) is 30.7. The standard InChI is InChI=1S/C30H34F4N4O3S/c1-19-4-6-21(7-5-19)16-24(22-8-10-26(25(31)17-22)37-42(3,40)41)29(39)35-18-23-9-11-27(30(32,33)34)36-28(23)38-14-12-20(2)13-15-38/h4-11,17,20,24,37H,12-16,18H2,1-3H3,(H,35,39). The third kappa shape index (κ3) is 8.21. The summed E-state index contributed by atoms with van der Waals surface area (Å²) in [5.74, 6) is -1.52. The molecule has 0 bridgehead atoms. The van der Waals surface area contributed by atoms with E-state index < -0.39 is 39.5 Å². The van der Waals surface area contributed by atoms with Crippen LogP contribution in [0.1, 0.15) is 53.6 Å². The van der Waals surface area contributed by atoms with Gasteiger partial charge < -0.3 is 10.2 Å². The first-order chi connectivity index (χ1) is 19.7. The summed E-state index contributed by atoms with van der Waals surface area (Å²) in [6, 6.07) is 13.6. The van der Waals surface area contributed by atoms with Gasteiger partial charge in [0.05, 0.1) is 17.9 Å². The molecule has 1 aliphatic rings. The van der Waals surface area contributed by atoms with Gasteiger partial charge in [0.15, 0.2) is 0 Å². The molecule has 0 aliphatic carbocycles. The van der Waals surface area contributed by atoms with E-state index in [2.05, 4.69) is 21.9 Å². The topological polar surface area (TPSA) is 91.4 Å². The van der Waals surface area contributed by atoms with E-state index in [0.717, 1.165) is 42.4 Å². The number of sulfonamides is 1. The molecule has 226 valence electrons. The van der Waals surface area contributed by atoms with Gasteiger partial charge in [0.2, 0.25) is 15.9 Å². The van der Waals surface area contributed by atoms with Gasteiger partial charge in [-0.1, -0.05) is 48.9 Å². The molecular weight excluding hydrogens is 572 g/mol. The number of aromatic nitrogens is 1. The highest BCUT2D eigenvalue weighted by Gasteiger charge is 2.34. The number of pyridine rings is 1. The van der Waals surface area contributed by atoms with Crippen molar-refractivity contribution in [3.05, 3.63) is 88.4 Å². The maximum atomic E-state index is 14.9. The van der Waals surface area contributed by atoms with Crippen molar-refractivity contribution in [1.29, 1.82) is 0 Å². The van der Waals surface area contributed by atoms with Gasteiger partial charge in [-0.05, 0) is 61.4 Å². The number of hydrogen-bond donors (Lipinski definition) is 2. The Morgan fingerprint density at radius 1 is 1.07 bits per heavy atom. The molecule has 1 aromatic heterocycles. The van der Waals surface area contributed by atoms with Crippen molar-refractivity contribution in [2.75, 3.05) is 29.0 Å². The third-order valence-corrected chi connectivity index (χ3v) is 7.94. The number of anilines is 2. The van der Waals surface area contributed by atoms with E-state index in [1.165, 1.54) is 18.2 Å². The van der Waals surface area contributed by atoms with Crippen LogP contribution in [0.5, 0.6) is 0 Å². The van der Waals surface area contributed by atoms with Crippen molar-refractivity contribution in [2.45, 2.75) is 51.7 Å². The van der Waals surface area contributed by atoms with E-state index in [9.17, 15) is 30.8 Å². The van der Waals surface area contributed by atoms with Crippen LogP contribution in [-0.4, -0.2) is 38.7 Å². The fourth-order valence-electron chi connectivity index (χ4n) is 4.93. The van der Waals surface area contributed by atoms with Gasteiger partial charge in [-0.3, -0.25) is 9.52 Å². The summed E-state index contributed by atoms with van der Waals surface area (Å²) in [6.45, 7) is 5.06. The molecule has 1 atom stereocenters. The van der Waals surface area contributed by atoms with Crippen molar-refractivity contribution in [1.82, 2.24) is 10.3 Å². The molecule has 0 spiro atoms. The summed E-state index contributed by atoms with van der Waals surface area (Å²) in [5.41, 5.74) is 1.36. The predicted molar refractivity (Wildman–Crippen MR) is 154 cm³/mol. The Labute approximate surface area is 243 Å². The molecule has 7 nitrogen and oxygen atoms in total. The van der Waals surface area contributed by atoms with Gasteiger partial charge in [-0.15, -0.1) is 0 Å². The van der Waals surface area contributed by atoms with E-state index >= 15 is 0 Å². The number of hydrogen-bond acceptors (Lipinski definition) is 5. The van der Waals surface area contributed by atoms with Gasteiger partial charge in [0.1, 0.15) is 17.3 Å². The summed E-state index contributed by atoms with van der Waals surface area (Å²) in [4.78, 5) is 19.4. The first kappa shape index (κ1) is 31.3. The van der Waals surface area contributed by atoms with E-state index in [1.807, 2.05) is 36.1 Å². The maximum absolute atomic E-state index is 14.9. The molecule has 12 heteroatoms. The molecule has 3 aromatic rings. The maximum Gasteiger partial charge on any atom is 0.433 e. The van der Waals surface area contributed by atoms with Gasteiger partial charge in [-0.25, -0.2) is 17.8 Å². The van der Waals surface area contributed by atoms with E-state index in [0.29, 0.717) is 30.1 Å². The molecular formula is C30H34F4N4O3S. The smallest absolute Gasteiger partial charge is 0.356 e. The number of carbonyl (C=O) groups is 1. The lowest BCUT2D eigenvalue weighted by molar-refractivity contribution is -0.141. The Kier molecular flexibility index (Phi) is 9.44. The number of benzene rings is 2. The van der Waals surface area contributed by atoms with Gasteiger partial charge in [0.25, 0.3) is 0 Å². The highest BCUT2D eigenvalue weighted by atomic mass is 32.2. The molecule has 1 unspecified atom stereocenters. The van der Waals surface area contributed by atoms with E-state index in [-0.39, 0.29) is 24.5 Å². The number of piperidine rings is 1. The molecule has 2 heterocycles. The van der Waals surface area contributed by atoms with Crippen LogP contribution in [0.25, 0.3) is 0 Å². The molecule has 42 heavy (non-hydrogen) atoms. The highest BCUT2D eigenvalue weighted by molar-refractivity contribution is 7.92. The second-order valence-corrected chi connectivity index (χ2v) is 12.7. The van der Waals surface area contributed by atoms with Crippen molar-refractivity contribution in [3.8, 4) is 0 Å². The van der Waals surface area contributed by atoms with Gasteiger partial charge >= 0.3 is 6.18 Å². The van der Waals surface area contributed by atoms with Crippen LogP contribution >= 0.6 is 0 Å². The van der Waals surface area contributed by atoms with Crippen molar-refractivity contribution >= 4 is 27.4 Å². The van der Waals surface area contributed by atoms with Crippen LogP contribution in [0.15, 0.2) is 54.6 Å². The minimum absolute atomic E-state index is 0.0774. The Morgan fingerprint density at radius 2 is 1.74 bits per heavy atom. The molecule has 1 saturated heterocycles. The van der Waals surface area contributed by atoms with Gasteiger partial charge in [-0.2, -0.15) is 13.2 Å². The quantitative estimate of drug-likeness (QED) is 0.301. The fraction of sp³-hybridized carbons (Fsp3) is 0.400. The zero-order valence-electron chi connectivity index (χ0n) is 23.6. The number of halogens is 4. The number of nitrogens with zero attached hydrogens (tertiary/aromatic N) is 2. The summed E-state index contributed by atoms with van der Waals surface area (Å²) in [5, 5.41) is 2.83. The largest absolute Gasteiger partial charge is 0.433 e. The number of carbonyl (C=O) groups excluding carboxylic acids is 1. The zero-order valence-corrected chi connectivity index (χ0v) is 24.4. The first-order valence-electron chi connectivity index (χ1n) is 13.6. The molecule has 2 aromatic carbocycles. The van der Waals surface area contributed by atoms with Crippen LogP contribution in [0, 0.1) is 18.7 Å². The molecule has 1 fully saturated rings. The fourth-order valence-corrected chi connectivity index (χ4v) is 5.49. The van der Waals surface area contributed by atoms with Crippen LogP contribution < -0.4 is 14.9 Å². The minimum atomic E-state index is -4.61. The molecule has 4 rings (SSSR count).